The minimum Gasteiger partial charge on any atom is -0.375 e. The summed E-state index contributed by atoms with van der Waals surface area (Å²) >= 11 is 1.50. The zero-order valence-corrected chi connectivity index (χ0v) is 15.6. The number of aryl methyl sites for hydroxylation is 1. The molecule has 0 saturated carbocycles. The summed E-state index contributed by atoms with van der Waals surface area (Å²) in [7, 11) is 0. The molecule has 2 bridgehead atoms. The molecule has 0 unspecified atom stereocenters. The standard InChI is InChI=1S/C18H18N6O2S/c1-10-22-23-18(27-10)14-3-2-11-6-19-16(5-15(11)20-14)21-17(25)8-24-7-13-4-12(24)9-26-13/h2-3,5-6,12-13H,4,7-9H2,1H3,(H,19,21,25)/t12-,13-/m0/s1. The van der Waals surface area contributed by atoms with E-state index in [4.69, 9.17) is 4.74 Å². The van der Waals surface area contributed by atoms with Crippen LogP contribution < -0.4 is 5.32 Å². The molecule has 3 aromatic rings. The fourth-order valence-corrected chi connectivity index (χ4v) is 4.30. The summed E-state index contributed by atoms with van der Waals surface area (Å²) in [5.74, 6) is 0.441. The molecule has 5 heterocycles. The van der Waals surface area contributed by atoms with Gasteiger partial charge in [-0.15, -0.1) is 10.2 Å². The van der Waals surface area contributed by atoms with Crippen molar-refractivity contribution in [2.75, 3.05) is 25.0 Å². The number of hydrogen-bond acceptors (Lipinski definition) is 8. The van der Waals surface area contributed by atoms with E-state index in [0.717, 1.165) is 46.2 Å². The third-order valence-electron chi connectivity index (χ3n) is 4.95. The highest BCUT2D eigenvalue weighted by Crippen LogP contribution is 2.27. The molecule has 8 nitrogen and oxygen atoms in total. The molecule has 1 amide bonds. The van der Waals surface area contributed by atoms with Crippen LogP contribution in [0.15, 0.2) is 24.4 Å². The number of carbonyl (C=O) groups excluding carboxylic acids is 1. The fraction of sp³-hybridized carbons (Fsp3) is 0.389. The first kappa shape index (κ1) is 16.7. The molecule has 2 fully saturated rings. The Morgan fingerprint density at radius 3 is 3.07 bits per heavy atom. The van der Waals surface area contributed by atoms with Crippen molar-refractivity contribution in [3.05, 3.63) is 29.4 Å². The second-order valence-corrected chi connectivity index (χ2v) is 8.09. The lowest BCUT2D eigenvalue weighted by atomic mass is 10.2. The molecule has 2 saturated heterocycles. The van der Waals surface area contributed by atoms with E-state index in [0.29, 0.717) is 18.4 Å². The minimum atomic E-state index is -0.0645. The zero-order valence-electron chi connectivity index (χ0n) is 14.8. The molecule has 0 spiro atoms. The van der Waals surface area contributed by atoms with E-state index < -0.39 is 0 Å². The SMILES string of the molecule is Cc1nnc(-c2ccc3cnc(NC(=O)CN4C[C@@H]5C[C@H]4CO5)cc3n2)s1. The molecular weight excluding hydrogens is 364 g/mol. The van der Waals surface area contributed by atoms with Crippen LogP contribution in [0.1, 0.15) is 11.4 Å². The minimum absolute atomic E-state index is 0.0645. The van der Waals surface area contributed by atoms with E-state index in [1.54, 1.807) is 12.3 Å². The number of likely N-dealkylation sites (tertiary alicyclic amines) is 1. The van der Waals surface area contributed by atoms with Crippen LogP contribution in [0, 0.1) is 6.92 Å². The predicted octanol–water partition coefficient (Wildman–Crippen LogP) is 1.87. The second kappa shape index (κ2) is 6.59. The predicted molar refractivity (Wildman–Crippen MR) is 102 cm³/mol. The van der Waals surface area contributed by atoms with E-state index in [2.05, 4.69) is 30.4 Å². The Balaban J connectivity index is 1.33. The Morgan fingerprint density at radius 1 is 1.41 bits per heavy atom. The number of nitrogens with zero attached hydrogens (tertiary/aromatic N) is 5. The first-order chi connectivity index (χ1) is 13.1. The van der Waals surface area contributed by atoms with Gasteiger partial charge in [0.2, 0.25) is 5.91 Å². The zero-order chi connectivity index (χ0) is 18.4. The maximum Gasteiger partial charge on any atom is 0.239 e. The number of ether oxygens (including phenoxy) is 1. The highest BCUT2D eigenvalue weighted by molar-refractivity contribution is 7.14. The van der Waals surface area contributed by atoms with Crippen molar-refractivity contribution in [1.29, 1.82) is 0 Å². The Labute approximate surface area is 159 Å². The Hall–Kier alpha value is -2.49. The molecule has 0 radical (unpaired) electrons. The summed E-state index contributed by atoms with van der Waals surface area (Å²) in [5.41, 5.74) is 1.53. The van der Waals surface area contributed by atoms with Gasteiger partial charge in [0.15, 0.2) is 5.01 Å². The number of amides is 1. The molecule has 0 aromatic carbocycles. The molecule has 138 valence electrons. The first-order valence-corrected chi connectivity index (χ1v) is 9.68. The van der Waals surface area contributed by atoms with Crippen molar-refractivity contribution < 1.29 is 9.53 Å². The number of hydrogen-bond donors (Lipinski definition) is 1. The van der Waals surface area contributed by atoms with Crippen molar-refractivity contribution in [1.82, 2.24) is 25.1 Å². The van der Waals surface area contributed by atoms with Crippen molar-refractivity contribution in [2.24, 2.45) is 0 Å². The van der Waals surface area contributed by atoms with Gasteiger partial charge >= 0.3 is 0 Å². The van der Waals surface area contributed by atoms with Crippen LogP contribution in [0.25, 0.3) is 21.6 Å². The topological polar surface area (TPSA) is 93.1 Å². The summed E-state index contributed by atoms with van der Waals surface area (Å²) in [6.45, 7) is 3.83. The van der Waals surface area contributed by atoms with Crippen molar-refractivity contribution in [3.8, 4) is 10.7 Å². The number of anilines is 1. The highest BCUT2D eigenvalue weighted by Gasteiger charge is 2.39. The average Bonchev–Trinajstić information content (AvgIpc) is 3.38. The van der Waals surface area contributed by atoms with Gasteiger partial charge in [-0.3, -0.25) is 9.69 Å². The molecule has 2 aliphatic heterocycles. The van der Waals surface area contributed by atoms with E-state index >= 15 is 0 Å². The van der Waals surface area contributed by atoms with Crippen LogP contribution in [0.5, 0.6) is 0 Å². The normalized spacial score (nSPS) is 21.8. The van der Waals surface area contributed by atoms with E-state index in [9.17, 15) is 4.79 Å². The number of fused-ring (bicyclic) bond motifs is 3. The largest absolute Gasteiger partial charge is 0.375 e. The number of pyridine rings is 2. The second-order valence-electron chi connectivity index (χ2n) is 6.91. The van der Waals surface area contributed by atoms with Crippen LogP contribution >= 0.6 is 11.3 Å². The quantitative estimate of drug-likeness (QED) is 0.736. The smallest absolute Gasteiger partial charge is 0.239 e. The van der Waals surface area contributed by atoms with E-state index in [-0.39, 0.29) is 12.0 Å². The van der Waals surface area contributed by atoms with Crippen molar-refractivity contribution in [2.45, 2.75) is 25.5 Å². The molecule has 27 heavy (non-hydrogen) atoms. The number of aromatic nitrogens is 4. The Bertz CT molecular complexity index is 1020. The average molecular weight is 382 g/mol. The third-order valence-corrected chi connectivity index (χ3v) is 5.81. The first-order valence-electron chi connectivity index (χ1n) is 8.87. The van der Waals surface area contributed by atoms with Gasteiger partial charge in [0, 0.05) is 30.2 Å². The Kier molecular flexibility index (Phi) is 4.07. The molecule has 2 atom stereocenters. The fourth-order valence-electron chi connectivity index (χ4n) is 3.64. The number of carbonyl (C=O) groups is 1. The van der Waals surface area contributed by atoms with Gasteiger partial charge < -0.3 is 10.1 Å². The van der Waals surface area contributed by atoms with E-state index in [1.165, 1.54) is 11.3 Å². The highest BCUT2D eigenvalue weighted by atomic mass is 32.1. The number of nitrogens with one attached hydrogen (secondary N) is 1. The van der Waals surface area contributed by atoms with Gasteiger partial charge in [-0.1, -0.05) is 11.3 Å². The molecule has 3 aromatic heterocycles. The van der Waals surface area contributed by atoms with Gasteiger partial charge in [0.25, 0.3) is 0 Å². The molecular formula is C18H18N6O2S. The maximum absolute atomic E-state index is 12.4. The molecule has 9 heteroatoms. The van der Waals surface area contributed by atoms with Gasteiger partial charge in [0.05, 0.1) is 24.8 Å². The maximum atomic E-state index is 12.4. The summed E-state index contributed by atoms with van der Waals surface area (Å²) in [6, 6.07) is 6.02. The van der Waals surface area contributed by atoms with Gasteiger partial charge in [0.1, 0.15) is 16.5 Å². The number of rotatable bonds is 4. The number of morpholine rings is 1. The lowest BCUT2D eigenvalue weighted by molar-refractivity contribution is -0.118. The van der Waals surface area contributed by atoms with Gasteiger partial charge in [-0.2, -0.15) is 0 Å². The lowest BCUT2D eigenvalue weighted by Gasteiger charge is -2.25. The van der Waals surface area contributed by atoms with Gasteiger partial charge in [-0.25, -0.2) is 9.97 Å². The Morgan fingerprint density at radius 2 is 2.33 bits per heavy atom. The van der Waals surface area contributed by atoms with Crippen molar-refractivity contribution >= 4 is 34.0 Å². The third kappa shape index (κ3) is 3.29. The molecule has 2 aliphatic rings. The van der Waals surface area contributed by atoms with Crippen LogP contribution in [0.4, 0.5) is 5.82 Å². The van der Waals surface area contributed by atoms with Crippen LogP contribution in [-0.2, 0) is 9.53 Å². The lowest BCUT2D eigenvalue weighted by Crippen LogP contribution is -2.41. The summed E-state index contributed by atoms with van der Waals surface area (Å²) in [4.78, 5) is 23.6. The summed E-state index contributed by atoms with van der Waals surface area (Å²) in [5, 5.41) is 13.7. The van der Waals surface area contributed by atoms with Crippen LogP contribution in [-0.4, -0.2) is 62.8 Å². The van der Waals surface area contributed by atoms with Crippen LogP contribution in [0.3, 0.4) is 0 Å². The van der Waals surface area contributed by atoms with E-state index in [1.807, 2.05) is 19.1 Å². The summed E-state index contributed by atoms with van der Waals surface area (Å²) < 4.78 is 5.58. The van der Waals surface area contributed by atoms with Gasteiger partial charge in [-0.05, 0) is 25.5 Å². The summed E-state index contributed by atoms with van der Waals surface area (Å²) in [6.07, 6.45) is 3.03. The van der Waals surface area contributed by atoms with Crippen molar-refractivity contribution in [3.63, 3.8) is 0 Å². The van der Waals surface area contributed by atoms with Crippen LogP contribution in [0.2, 0.25) is 0 Å². The molecule has 5 rings (SSSR count). The molecule has 1 N–H and O–H groups in total. The molecule has 0 aliphatic carbocycles. The monoisotopic (exact) mass is 382 g/mol.